The fraction of sp³-hybridized carbons (Fsp3) is 0.167. The third-order valence-electron chi connectivity index (χ3n) is 12.3. The highest BCUT2D eigenvalue weighted by molar-refractivity contribution is 6.11. The minimum absolute atomic E-state index is 0.282. The Labute approximate surface area is 379 Å². The maximum Gasteiger partial charge on any atom is 0.154 e. The molecule has 3 aliphatic rings. The molecule has 0 amide bonds. The number of allylic oxidation sites excluding steroid dienone is 5. The van der Waals surface area contributed by atoms with Gasteiger partial charge >= 0.3 is 0 Å². The van der Waals surface area contributed by atoms with Gasteiger partial charge in [-0.15, -0.1) is 0 Å². The van der Waals surface area contributed by atoms with Crippen molar-refractivity contribution in [1.29, 1.82) is 0 Å². The molecule has 7 aromatic carbocycles. The second-order valence-electron chi connectivity index (χ2n) is 15.9. The predicted octanol–water partition coefficient (Wildman–Crippen LogP) is 14.4. The Kier molecular flexibility index (Phi) is 13.8. The molecule has 0 N–H and O–H groups in total. The van der Waals surface area contributed by atoms with Crippen molar-refractivity contribution in [1.82, 2.24) is 0 Å². The minimum Gasteiger partial charge on any atom is -0.483 e. The van der Waals surface area contributed by atoms with Crippen LogP contribution in [0.15, 0.2) is 227 Å². The molecule has 0 bridgehead atoms. The lowest BCUT2D eigenvalue weighted by molar-refractivity contribution is 0.0610. The molecule has 64 heavy (non-hydrogen) atoms. The first-order chi connectivity index (χ1) is 31.6. The Morgan fingerprint density at radius 3 is 2.00 bits per heavy atom. The van der Waals surface area contributed by atoms with Crippen LogP contribution in [0.5, 0.6) is 5.75 Å². The van der Waals surface area contributed by atoms with Crippen LogP contribution in [-0.2, 0) is 10.2 Å². The van der Waals surface area contributed by atoms with Crippen LogP contribution >= 0.6 is 0 Å². The Morgan fingerprint density at radius 1 is 0.688 bits per heavy atom. The summed E-state index contributed by atoms with van der Waals surface area (Å²) in [6, 6.07) is 61.8. The van der Waals surface area contributed by atoms with E-state index in [-0.39, 0.29) is 12.2 Å². The van der Waals surface area contributed by atoms with Gasteiger partial charge in [-0.2, -0.15) is 0 Å². The third kappa shape index (κ3) is 8.50. The summed E-state index contributed by atoms with van der Waals surface area (Å²) in [6.45, 7) is 10.5. The minimum atomic E-state index is -0.453. The highest BCUT2D eigenvalue weighted by atomic mass is 16.5. The summed E-state index contributed by atoms with van der Waals surface area (Å²) in [5.41, 5.74) is 12.8. The lowest BCUT2D eigenvalue weighted by Gasteiger charge is -2.37. The van der Waals surface area contributed by atoms with E-state index in [0.717, 1.165) is 35.6 Å². The molecule has 0 heterocycles. The van der Waals surface area contributed by atoms with Gasteiger partial charge in [-0.1, -0.05) is 208 Å². The first-order valence-corrected chi connectivity index (χ1v) is 22.4. The largest absolute Gasteiger partial charge is 0.483 e. The van der Waals surface area contributed by atoms with Gasteiger partial charge < -0.3 is 9.47 Å². The number of ether oxygens (including phenoxy) is 2. The predicted molar refractivity (Wildman–Crippen MR) is 270 cm³/mol. The molecule has 0 spiro atoms. The van der Waals surface area contributed by atoms with Crippen LogP contribution in [0.4, 0.5) is 0 Å². The van der Waals surface area contributed by atoms with E-state index in [9.17, 15) is 0 Å². The van der Waals surface area contributed by atoms with E-state index in [1.807, 2.05) is 38.1 Å². The van der Waals surface area contributed by atoms with Crippen molar-refractivity contribution in [2.45, 2.75) is 51.2 Å². The van der Waals surface area contributed by atoms with Gasteiger partial charge in [0.2, 0.25) is 0 Å². The molecule has 7 aromatic rings. The number of fused-ring (bicyclic) bond motifs is 3. The van der Waals surface area contributed by atoms with Crippen LogP contribution in [-0.4, -0.2) is 38.4 Å². The summed E-state index contributed by atoms with van der Waals surface area (Å²) >= 11 is 0. The van der Waals surface area contributed by atoms with Crippen molar-refractivity contribution < 1.29 is 9.47 Å². The second kappa shape index (κ2) is 20.4. The van der Waals surface area contributed by atoms with E-state index in [0.29, 0.717) is 6.54 Å². The van der Waals surface area contributed by atoms with E-state index < -0.39 is 5.41 Å². The highest BCUT2D eigenvalue weighted by Gasteiger charge is 2.50. The fourth-order valence-electron chi connectivity index (χ4n) is 9.45. The summed E-state index contributed by atoms with van der Waals surface area (Å²) < 4.78 is 13.2. The Hall–Kier alpha value is -7.14. The molecule has 0 aromatic heterocycles. The van der Waals surface area contributed by atoms with E-state index >= 15 is 0 Å². The molecule has 0 saturated carbocycles. The van der Waals surface area contributed by atoms with Crippen molar-refractivity contribution in [3.05, 3.63) is 251 Å². The molecule has 4 nitrogen and oxygen atoms in total. The number of aliphatic imine (C=N–C) groups is 2. The number of nitrogens with zero attached hydrogens (tertiary/aromatic N) is 2. The topological polar surface area (TPSA) is 43.2 Å². The molecule has 2 unspecified atom stereocenters. The van der Waals surface area contributed by atoms with Gasteiger partial charge in [0.15, 0.2) is 5.84 Å². The molecule has 0 fully saturated rings. The van der Waals surface area contributed by atoms with Crippen LogP contribution in [0, 0.1) is 6.92 Å². The van der Waals surface area contributed by atoms with E-state index in [1.54, 1.807) is 7.11 Å². The number of benzene rings is 7. The molecular weight excluding hydrogens is 781 g/mol. The van der Waals surface area contributed by atoms with E-state index in [2.05, 4.69) is 206 Å². The number of methoxy groups -OCH3 is 1. The van der Waals surface area contributed by atoms with Crippen molar-refractivity contribution in [2.24, 2.45) is 9.98 Å². The van der Waals surface area contributed by atoms with Crippen molar-refractivity contribution >= 4 is 28.9 Å². The number of hydrogen-bond acceptors (Lipinski definition) is 3. The Balaban J connectivity index is 0.000000205. The molecule has 0 aliphatic heterocycles. The van der Waals surface area contributed by atoms with Gasteiger partial charge in [-0.25, -0.2) is 4.99 Å². The SMILES string of the molecule is C=NC(=NCC1=CC=CCC1)c1cccc2ccccc12.CC.COC1C2=C(C=CC1Oc1ccccc1-c1ccccc1C)C(c1ccccc1)(c1ccccc1)c1ccccc12. The lowest BCUT2D eigenvalue weighted by atomic mass is 9.66. The van der Waals surface area contributed by atoms with Gasteiger partial charge in [0.1, 0.15) is 18.0 Å². The average molecular weight is 837 g/mol. The zero-order valence-electron chi connectivity index (χ0n) is 37.3. The van der Waals surface area contributed by atoms with Gasteiger partial charge in [-0.05, 0) is 99.5 Å². The second-order valence-corrected chi connectivity index (χ2v) is 15.9. The molecule has 0 saturated heterocycles. The van der Waals surface area contributed by atoms with Crippen LogP contribution in [0.25, 0.3) is 27.5 Å². The van der Waals surface area contributed by atoms with Gasteiger partial charge in [0, 0.05) is 18.2 Å². The van der Waals surface area contributed by atoms with Crippen LogP contribution < -0.4 is 4.74 Å². The molecule has 318 valence electrons. The summed E-state index contributed by atoms with van der Waals surface area (Å²) in [6.07, 6.45) is 12.5. The van der Waals surface area contributed by atoms with E-state index in [4.69, 9.17) is 9.47 Å². The van der Waals surface area contributed by atoms with Gasteiger partial charge in [0.05, 0.1) is 12.0 Å². The highest BCUT2D eigenvalue weighted by Crippen LogP contribution is 2.57. The fourth-order valence-corrected chi connectivity index (χ4v) is 9.45. The molecular formula is C60H56N2O2. The molecule has 3 aliphatic carbocycles. The first-order valence-electron chi connectivity index (χ1n) is 22.4. The summed E-state index contributed by atoms with van der Waals surface area (Å²) in [5.74, 6) is 1.58. The number of para-hydroxylation sites is 1. The summed E-state index contributed by atoms with van der Waals surface area (Å²) in [4.78, 5) is 8.82. The van der Waals surface area contributed by atoms with Crippen LogP contribution in [0.3, 0.4) is 0 Å². The van der Waals surface area contributed by atoms with E-state index in [1.165, 1.54) is 60.9 Å². The van der Waals surface area contributed by atoms with Gasteiger partial charge in [-0.3, -0.25) is 4.99 Å². The maximum atomic E-state index is 6.86. The quantitative estimate of drug-likeness (QED) is 0.107. The normalized spacial score (nSPS) is 16.9. The number of amidine groups is 1. The number of aryl methyl sites for hydroxylation is 1. The zero-order chi connectivity index (χ0) is 44.3. The summed E-state index contributed by atoms with van der Waals surface area (Å²) in [7, 11) is 1.80. The van der Waals surface area contributed by atoms with Crippen LogP contribution in [0.1, 0.15) is 60.1 Å². The molecule has 10 rings (SSSR count). The summed E-state index contributed by atoms with van der Waals surface area (Å²) in [5, 5.41) is 2.37. The Bertz CT molecular complexity index is 2840. The smallest absolute Gasteiger partial charge is 0.154 e. The maximum absolute atomic E-state index is 6.86. The molecule has 2 atom stereocenters. The van der Waals surface area contributed by atoms with Crippen molar-refractivity contribution in [3.8, 4) is 16.9 Å². The van der Waals surface area contributed by atoms with Crippen molar-refractivity contribution in [3.63, 3.8) is 0 Å². The van der Waals surface area contributed by atoms with Crippen molar-refractivity contribution in [2.75, 3.05) is 13.7 Å². The average Bonchev–Trinajstić information content (AvgIpc) is 3.67. The first kappa shape index (κ1) is 43.5. The lowest BCUT2D eigenvalue weighted by Crippen LogP contribution is -2.37. The van der Waals surface area contributed by atoms with Gasteiger partial charge in [0.25, 0.3) is 0 Å². The Morgan fingerprint density at radius 2 is 1.31 bits per heavy atom. The number of rotatable bonds is 9. The zero-order valence-corrected chi connectivity index (χ0v) is 37.3. The molecule has 0 radical (unpaired) electrons. The molecule has 4 heteroatoms. The monoisotopic (exact) mass is 836 g/mol. The standard InChI is InChI=1S/C39H32O2.C19H18N2.C2H6/c1-27-15-9-10-20-30(27)31-21-12-14-24-35(31)41-36-26-25-34-37(38(36)40-2)32-22-11-13-23-33(32)39(34,28-16-5-3-6-17-28)29-18-7-4-8-19-29;1-20-19(21-14-15-8-3-2-4-9-15)18-13-7-11-16-10-5-6-12-17(16)18;1-2/h3-26,36,38H,1-2H3;2-3,5-8,10-13H,1,4,9,14H2;1-2H3. The third-order valence-corrected chi connectivity index (χ3v) is 12.3. The number of hydrogen-bond donors (Lipinski definition) is 0. The van der Waals surface area contributed by atoms with Crippen LogP contribution in [0.2, 0.25) is 0 Å².